The fourth-order valence-corrected chi connectivity index (χ4v) is 2.39. The third kappa shape index (κ3) is 2.77. The first-order valence-electron chi connectivity index (χ1n) is 5.93. The average Bonchev–Trinajstić information content (AvgIpc) is 2.33. The Morgan fingerprint density at radius 1 is 1.29 bits per heavy atom. The molecule has 0 saturated carbocycles. The highest BCUT2D eigenvalue weighted by atomic mass is 16.4. The summed E-state index contributed by atoms with van der Waals surface area (Å²) in [5, 5.41) is 21.8. The van der Waals surface area contributed by atoms with Crippen molar-refractivity contribution >= 4 is 5.97 Å². The van der Waals surface area contributed by atoms with Crippen LogP contribution in [0.4, 0.5) is 0 Å². The zero-order chi connectivity index (χ0) is 12.3. The van der Waals surface area contributed by atoms with Crippen LogP contribution in [0, 0.1) is 0 Å². The summed E-state index contributed by atoms with van der Waals surface area (Å²) in [6, 6.07) is 6.43. The summed E-state index contributed by atoms with van der Waals surface area (Å²) in [5.74, 6) is -1.18. The second-order valence-electron chi connectivity index (χ2n) is 4.46. The Hall–Kier alpha value is -1.55. The lowest BCUT2D eigenvalue weighted by atomic mass is 9.86. The minimum atomic E-state index is -0.810. The van der Waals surface area contributed by atoms with Gasteiger partial charge in [-0.25, -0.2) is 0 Å². The number of benzene rings is 1. The van der Waals surface area contributed by atoms with Crippen LogP contribution in [0.2, 0.25) is 0 Å². The van der Waals surface area contributed by atoms with Crippen molar-refractivity contribution in [2.75, 3.05) is 6.54 Å². The Kier molecular flexibility index (Phi) is 3.64. The molecule has 1 aliphatic rings. The van der Waals surface area contributed by atoms with Gasteiger partial charge in [0.1, 0.15) is 5.75 Å². The predicted octanol–water partition coefficient (Wildman–Crippen LogP) is 1.70. The molecule has 2 rings (SSSR count). The molecule has 0 radical (unpaired) electrons. The van der Waals surface area contributed by atoms with Crippen LogP contribution >= 0.6 is 0 Å². The van der Waals surface area contributed by atoms with Crippen molar-refractivity contribution < 1.29 is 15.0 Å². The summed E-state index contributed by atoms with van der Waals surface area (Å²) in [7, 11) is 0. The van der Waals surface area contributed by atoms with E-state index in [1.807, 2.05) is 0 Å². The van der Waals surface area contributed by atoms with Crippen LogP contribution in [0.1, 0.15) is 30.7 Å². The second-order valence-corrected chi connectivity index (χ2v) is 4.46. The van der Waals surface area contributed by atoms with Gasteiger partial charge in [0.2, 0.25) is 0 Å². The number of aliphatic carboxylic acids is 1. The largest absolute Gasteiger partial charge is 0.508 e. The van der Waals surface area contributed by atoms with Crippen molar-refractivity contribution in [2.24, 2.45) is 0 Å². The van der Waals surface area contributed by atoms with Gasteiger partial charge in [-0.05, 0) is 37.1 Å². The Bertz CT molecular complexity index is 382. The number of phenolic OH excluding ortho intramolecular Hbond substituents is 1. The number of carbonyl (C=O) groups is 1. The van der Waals surface area contributed by atoms with Gasteiger partial charge in [0.25, 0.3) is 0 Å². The molecular formula is C13H17NO3. The van der Waals surface area contributed by atoms with Gasteiger partial charge in [-0.15, -0.1) is 0 Å². The topological polar surface area (TPSA) is 69.6 Å². The molecule has 4 heteroatoms. The highest BCUT2D eigenvalue weighted by molar-refractivity contribution is 5.77. The molecule has 0 unspecified atom stereocenters. The van der Waals surface area contributed by atoms with Crippen LogP contribution in [-0.2, 0) is 4.79 Å². The van der Waals surface area contributed by atoms with Crippen molar-refractivity contribution in [3.05, 3.63) is 29.8 Å². The molecular weight excluding hydrogens is 218 g/mol. The van der Waals surface area contributed by atoms with E-state index in [1.165, 1.54) is 12.1 Å². The smallest absolute Gasteiger partial charge is 0.312 e. The molecule has 92 valence electrons. The summed E-state index contributed by atoms with van der Waals surface area (Å²) in [4.78, 5) is 11.4. The maximum atomic E-state index is 11.4. The normalized spacial score (nSPS) is 22.0. The van der Waals surface area contributed by atoms with Crippen LogP contribution in [0.5, 0.6) is 5.75 Å². The molecule has 1 fully saturated rings. The van der Waals surface area contributed by atoms with Gasteiger partial charge < -0.3 is 15.5 Å². The van der Waals surface area contributed by atoms with Crippen molar-refractivity contribution in [1.29, 1.82) is 0 Å². The van der Waals surface area contributed by atoms with Gasteiger partial charge in [-0.3, -0.25) is 4.79 Å². The van der Waals surface area contributed by atoms with E-state index in [0.29, 0.717) is 0 Å². The molecule has 17 heavy (non-hydrogen) atoms. The van der Waals surface area contributed by atoms with Gasteiger partial charge in [-0.2, -0.15) is 0 Å². The summed E-state index contributed by atoms with van der Waals surface area (Å²) < 4.78 is 0. The molecule has 0 aromatic heterocycles. The lowest BCUT2D eigenvalue weighted by molar-refractivity contribution is -0.139. The monoisotopic (exact) mass is 235 g/mol. The zero-order valence-electron chi connectivity index (χ0n) is 9.60. The number of nitrogens with one attached hydrogen (secondary N) is 1. The first-order valence-corrected chi connectivity index (χ1v) is 5.93. The molecule has 1 heterocycles. The van der Waals surface area contributed by atoms with E-state index in [1.54, 1.807) is 12.1 Å². The van der Waals surface area contributed by atoms with E-state index < -0.39 is 11.9 Å². The first kappa shape index (κ1) is 11.9. The third-order valence-corrected chi connectivity index (χ3v) is 3.27. The van der Waals surface area contributed by atoms with Crippen molar-refractivity contribution in [2.45, 2.75) is 31.2 Å². The van der Waals surface area contributed by atoms with Crippen molar-refractivity contribution in [3.8, 4) is 5.75 Å². The number of piperidine rings is 1. The van der Waals surface area contributed by atoms with Gasteiger partial charge in [-0.1, -0.05) is 18.6 Å². The second kappa shape index (κ2) is 5.19. The molecule has 0 aliphatic carbocycles. The Morgan fingerprint density at radius 2 is 2.00 bits per heavy atom. The lowest BCUT2D eigenvalue weighted by Crippen LogP contribution is -2.41. The Morgan fingerprint density at radius 3 is 2.53 bits per heavy atom. The van der Waals surface area contributed by atoms with E-state index in [9.17, 15) is 15.0 Å². The summed E-state index contributed by atoms with van der Waals surface area (Å²) in [6.45, 7) is 0.881. The summed E-state index contributed by atoms with van der Waals surface area (Å²) >= 11 is 0. The van der Waals surface area contributed by atoms with Crippen LogP contribution in [0.15, 0.2) is 24.3 Å². The maximum absolute atomic E-state index is 11.4. The number of rotatable bonds is 3. The molecule has 4 nitrogen and oxygen atoms in total. The molecule has 0 bridgehead atoms. The van der Waals surface area contributed by atoms with Crippen molar-refractivity contribution in [1.82, 2.24) is 5.32 Å². The minimum Gasteiger partial charge on any atom is -0.508 e. The summed E-state index contributed by atoms with van der Waals surface area (Å²) in [5.41, 5.74) is 0.745. The van der Waals surface area contributed by atoms with Crippen LogP contribution in [0.25, 0.3) is 0 Å². The maximum Gasteiger partial charge on any atom is 0.312 e. The first-order chi connectivity index (χ1) is 8.18. The third-order valence-electron chi connectivity index (χ3n) is 3.27. The Labute approximate surface area is 100 Å². The van der Waals surface area contributed by atoms with Gasteiger partial charge in [0.05, 0.1) is 5.92 Å². The molecule has 1 saturated heterocycles. The zero-order valence-corrected chi connectivity index (χ0v) is 9.60. The van der Waals surface area contributed by atoms with Gasteiger partial charge >= 0.3 is 5.97 Å². The van der Waals surface area contributed by atoms with Crippen LogP contribution < -0.4 is 5.32 Å². The highest BCUT2D eigenvalue weighted by Crippen LogP contribution is 2.26. The Balaban J connectivity index is 2.21. The summed E-state index contributed by atoms with van der Waals surface area (Å²) in [6.07, 6.45) is 3.07. The van der Waals surface area contributed by atoms with Crippen LogP contribution in [-0.4, -0.2) is 28.8 Å². The molecule has 2 atom stereocenters. The van der Waals surface area contributed by atoms with E-state index in [4.69, 9.17) is 0 Å². The number of aromatic hydroxyl groups is 1. The minimum absolute atomic E-state index is 0.00853. The van der Waals surface area contributed by atoms with Gasteiger partial charge in [0.15, 0.2) is 0 Å². The standard InChI is InChI=1S/C13H17NO3/c15-10-6-4-9(5-7-10)12(13(16)17)11-3-1-2-8-14-11/h4-7,11-12,14-15H,1-3,8H2,(H,16,17)/t11-,12-/m1/s1. The lowest BCUT2D eigenvalue weighted by Gasteiger charge is -2.29. The molecule has 1 aliphatic heterocycles. The molecule has 0 amide bonds. The molecule has 1 aromatic carbocycles. The number of hydrogen-bond donors (Lipinski definition) is 3. The van der Waals surface area contributed by atoms with Gasteiger partial charge in [0, 0.05) is 6.04 Å². The highest BCUT2D eigenvalue weighted by Gasteiger charge is 2.30. The SMILES string of the molecule is O=C(O)[C@H](c1ccc(O)cc1)[C@H]1CCCCN1. The van der Waals surface area contributed by atoms with E-state index in [-0.39, 0.29) is 11.8 Å². The number of hydrogen-bond acceptors (Lipinski definition) is 3. The van der Waals surface area contributed by atoms with E-state index in [0.717, 1.165) is 31.4 Å². The molecule has 1 aromatic rings. The predicted molar refractivity (Wildman–Crippen MR) is 64.1 cm³/mol. The fourth-order valence-electron chi connectivity index (χ4n) is 2.39. The number of phenols is 1. The molecule has 0 spiro atoms. The number of carboxylic acids is 1. The molecule has 3 N–H and O–H groups in total. The quantitative estimate of drug-likeness (QED) is 0.746. The van der Waals surface area contributed by atoms with Crippen LogP contribution in [0.3, 0.4) is 0 Å². The van der Waals surface area contributed by atoms with E-state index in [2.05, 4.69) is 5.32 Å². The number of carboxylic acid groups (broad SMARTS) is 1. The van der Waals surface area contributed by atoms with E-state index >= 15 is 0 Å². The van der Waals surface area contributed by atoms with Crippen molar-refractivity contribution in [3.63, 3.8) is 0 Å². The fraction of sp³-hybridized carbons (Fsp3) is 0.462. The average molecular weight is 235 g/mol.